The predicted molar refractivity (Wildman–Crippen MR) is 174 cm³/mol. The maximum absolute atomic E-state index is 14.3. The van der Waals surface area contributed by atoms with E-state index >= 15 is 0 Å². The lowest BCUT2D eigenvalue weighted by atomic mass is 9.72. The number of hydrogen-bond acceptors (Lipinski definition) is 8. The third-order valence-electron chi connectivity index (χ3n) is 7.51. The van der Waals surface area contributed by atoms with Gasteiger partial charge in [0.1, 0.15) is 11.3 Å². The first-order valence-corrected chi connectivity index (χ1v) is 16.8. The highest BCUT2D eigenvalue weighted by Gasteiger charge is 2.52. The largest absolute Gasteiger partial charge is 0.497 e. The minimum Gasteiger partial charge on any atom is -0.497 e. The quantitative estimate of drug-likeness (QED) is 0.0496. The number of halogens is 9. The summed E-state index contributed by atoms with van der Waals surface area (Å²) in [6.07, 6.45) is -22.3. The van der Waals surface area contributed by atoms with E-state index in [1.165, 1.54) is 31.4 Å². The molecule has 1 atom stereocenters. The molecule has 1 unspecified atom stereocenters. The number of hydrogen-bond donors (Lipinski definition) is 0. The average molecular weight is 775 g/mol. The summed E-state index contributed by atoms with van der Waals surface area (Å²) in [6, 6.07) is 8.08. The van der Waals surface area contributed by atoms with Gasteiger partial charge in [0.2, 0.25) is 0 Å². The summed E-state index contributed by atoms with van der Waals surface area (Å²) in [6.45, 7) is 9.82. The fraction of sp³-hybridized carbons (Fsp3) is 0.543. The standard InChI is InChI=1S/C35H39F9O7S/c1-30(2,3)19-26(31(4,5)6)29(46)48-14-12-32(36,37)50-35(43,44)51-33(38,39)13-15-52-22-10-8-20-16-24(28(45)49-27(20)18-22)23-11-9-21(47-7)17-25(23)34(40,41)42/h8-11,16-18,26H,12-15,19H2,1-7H3. The Morgan fingerprint density at radius 2 is 1.42 bits per heavy atom. The van der Waals surface area contributed by atoms with E-state index in [1.807, 2.05) is 20.8 Å². The summed E-state index contributed by atoms with van der Waals surface area (Å²) in [4.78, 5) is 25.5. The van der Waals surface area contributed by atoms with Crippen LogP contribution in [0.4, 0.5) is 39.5 Å². The van der Waals surface area contributed by atoms with Crippen LogP contribution in [0.5, 0.6) is 5.75 Å². The first kappa shape index (κ1) is 43.0. The summed E-state index contributed by atoms with van der Waals surface area (Å²) < 4.78 is 148. The normalized spacial score (nSPS) is 14.1. The Hall–Kier alpha value is -3.44. The van der Waals surface area contributed by atoms with Crippen LogP contribution in [0, 0.1) is 16.7 Å². The monoisotopic (exact) mass is 774 g/mol. The topological polar surface area (TPSA) is 84.2 Å². The number of methoxy groups -OCH3 is 1. The molecule has 52 heavy (non-hydrogen) atoms. The highest BCUT2D eigenvalue weighted by atomic mass is 32.2. The van der Waals surface area contributed by atoms with E-state index in [4.69, 9.17) is 13.9 Å². The Morgan fingerprint density at radius 3 is 1.98 bits per heavy atom. The zero-order chi connectivity index (χ0) is 39.5. The minimum atomic E-state index is -5.44. The molecule has 0 bridgehead atoms. The number of carbonyl (C=O) groups is 1. The first-order valence-electron chi connectivity index (χ1n) is 15.8. The third-order valence-corrected chi connectivity index (χ3v) is 8.51. The smallest absolute Gasteiger partial charge is 0.494 e. The van der Waals surface area contributed by atoms with Crippen LogP contribution in [-0.2, 0) is 25.2 Å². The second-order valence-corrected chi connectivity index (χ2v) is 15.4. The van der Waals surface area contributed by atoms with Gasteiger partial charge in [-0.2, -0.15) is 30.7 Å². The molecule has 0 radical (unpaired) electrons. The highest BCUT2D eigenvalue weighted by Crippen LogP contribution is 2.41. The molecule has 3 aromatic rings. The molecule has 0 amide bonds. The molecule has 7 nitrogen and oxygen atoms in total. The molecule has 0 saturated heterocycles. The molecule has 17 heteroatoms. The van der Waals surface area contributed by atoms with Crippen molar-refractivity contribution in [1.29, 1.82) is 0 Å². The van der Waals surface area contributed by atoms with Gasteiger partial charge in [0.05, 0.1) is 37.2 Å². The van der Waals surface area contributed by atoms with E-state index in [-0.39, 0.29) is 27.0 Å². The third kappa shape index (κ3) is 12.6. The van der Waals surface area contributed by atoms with Crippen molar-refractivity contribution < 1.29 is 67.7 Å². The molecule has 0 aliphatic rings. The van der Waals surface area contributed by atoms with Crippen LogP contribution in [0.25, 0.3) is 22.1 Å². The van der Waals surface area contributed by atoms with Crippen LogP contribution in [-0.4, -0.2) is 44.0 Å². The van der Waals surface area contributed by atoms with Crippen LogP contribution >= 0.6 is 11.8 Å². The van der Waals surface area contributed by atoms with Crippen molar-refractivity contribution in [3.05, 3.63) is 58.4 Å². The van der Waals surface area contributed by atoms with E-state index in [9.17, 15) is 49.1 Å². The van der Waals surface area contributed by atoms with Gasteiger partial charge in [-0.05, 0) is 53.6 Å². The maximum atomic E-state index is 14.3. The number of ether oxygens (including phenoxy) is 4. The van der Waals surface area contributed by atoms with Crippen molar-refractivity contribution in [3.63, 3.8) is 0 Å². The number of fused-ring (bicyclic) bond motifs is 1. The van der Waals surface area contributed by atoms with E-state index in [2.05, 4.69) is 9.47 Å². The Labute approximate surface area is 298 Å². The molecule has 0 saturated carbocycles. The Kier molecular flexibility index (Phi) is 13.1. The highest BCUT2D eigenvalue weighted by molar-refractivity contribution is 7.99. The van der Waals surface area contributed by atoms with Crippen LogP contribution in [0.1, 0.15) is 66.4 Å². The fourth-order valence-electron chi connectivity index (χ4n) is 4.97. The van der Waals surface area contributed by atoms with Gasteiger partial charge in [-0.15, -0.1) is 20.5 Å². The van der Waals surface area contributed by atoms with Crippen LogP contribution < -0.4 is 10.4 Å². The van der Waals surface area contributed by atoms with Gasteiger partial charge >= 0.3 is 36.3 Å². The molecule has 290 valence electrons. The summed E-state index contributed by atoms with van der Waals surface area (Å²) in [5, 5.41) is 0.183. The second kappa shape index (κ2) is 15.9. The lowest BCUT2D eigenvalue weighted by Crippen LogP contribution is -2.41. The molecule has 0 N–H and O–H groups in total. The average Bonchev–Trinajstić information content (AvgIpc) is 2.96. The first-order chi connectivity index (χ1) is 23.6. The van der Waals surface area contributed by atoms with Crippen LogP contribution in [0.2, 0.25) is 0 Å². The van der Waals surface area contributed by atoms with Gasteiger partial charge in [0, 0.05) is 28.0 Å². The van der Waals surface area contributed by atoms with Gasteiger partial charge in [0.25, 0.3) is 0 Å². The van der Waals surface area contributed by atoms with Gasteiger partial charge in [-0.3, -0.25) is 4.79 Å². The van der Waals surface area contributed by atoms with Crippen molar-refractivity contribution in [3.8, 4) is 16.9 Å². The van der Waals surface area contributed by atoms with Crippen molar-refractivity contribution in [2.24, 2.45) is 16.7 Å². The number of benzene rings is 2. The minimum absolute atomic E-state index is 0.0934. The zero-order valence-electron chi connectivity index (χ0n) is 29.3. The number of alkyl halides is 9. The molecule has 2 aromatic carbocycles. The van der Waals surface area contributed by atoms with E-state index < -0.39 is 89.5 Å². The van der Waals surface area contributed by atoms with Crippen LogP contribution in [0.3, 0.4) is 0 Å². The Balaban J connectivity index is 1.60. The molecule has 1 aromatic heterocycles. The van der Waals surface area contributed by atoms with Crippen molar-refractivity contribution in [2.45, 2.75) is 90.4 Å². The Bertz CT molecular complexity index is 1760. The molecular formula is C35H39F9O7S. The summed E-state index contributed by atoms with van der Waals surface area (Å²) in [5.41, 5.74) is -4.17. The second-order valence-electron chi connectivity index (χ2n) is 14.2. The number of rotatable bonds is 15. The number of esters is 1. The zero-order valence-corrected chi connectivity index (χ0v) is 30.1. The molecule has 0 aliphatic carbocycles. The molecule has 0 fully saturated rings. The lowest BCUT2D eigenvalue weighted by molar-refractivity contribution is -0.514. The molecule has 3 rings (SSSR count). The SMILES string of the molecule is COc1ccc(-c2cc3ccc(SCCC(F)(F)OC(F)(F)OC(F)(F)CCOC(=O)C(CC(C)(C)C)C(C)(C)C)cc3oc2=O)c(C(F)(F)F)c1. The van der Waals surface area contributed by atoms with Gasteiger partial charge in [-0.1, -0.05) is 47.6 Å². The van der Waals surface area contributed by atoms with Gasteiger partial charge in [-0.25, -0.2) is 14.3 Å². The van der Waals surface area contributed by atoms with Gasteiger partial charge < -0.3 is 13.9 Å². The van der Waals surface area contributed by atoms with Crippen molar-refractivity contribution in [1.82, 2.24) is 0 Å². The van der Waals surface area contributed by atoms with Crippen molar-refractivity contribution >= 4 is 28.7 Å². The van der Waals surface area contributed by atoms with Gasteiger partial charge in [0.15, 0.2) is 0 Å². The van der Waals surface area contributed by atoms with Crippen LogP contribution in [0.15, 0.2) is 56.6 Å². The number of carbonyl (C=O) groups excluding carboxylic acids is 1. The maximum Gasteiger partial charge on any atom is 0.494 e. The molecule has 0 spiro atoms. The molecule has 1 heterocycles. The number of thioether (sulfide) groups is 1. The molecule has 0 aliphatic heterocycles. The van der Waals surface area contributed by atoms with Crippen molar-refractivity contribution in [2.75, 3.05) is 19.5 Å². The summed E-state index contributed by atoms with van der Waals surface area (Å²) >= 11 is 0.671. The Morgan fingerprint density at radius 1 is 0.808 bits per heavy atom. The fourth-order valence-corrected chi connectivity index (χ4v) is 5.90. The summed E-state index contributed by atoms with van der Waals surface area (Å²) in [5.74, 6) is -2.22. The van der Waals surface area contributed by atoms with E-state index in [0.29, 0.717) is 18.2 Å². The lowest BCUT2D eigenvalue weighted by Gasteiger charge is -2.34. The predicted octanol–water partition coefficient (Wildman–Crippen LogP) is 10.8. The summed E-state index contributed by atoms with van der Waals surface area (Å²) in [7, 11) is 1.18. The van der Waals surface area contributed by atoms with E-state index in [1.54, 1.807) is 20.8 Å². The molecular weight excluding hydrogens is 735 g/mol. The van der Waals surface area contributed by atoms with E-state index in [0.717, 1.165) is 18.2 Å².